The highest BCUT2D eigenvalue weighted by Gasteiger charge is 2.30. The SMILES string of the molecule is CCC1CN(C(=O)c2c(C)cccc2C)CCC1NC. The van der Waals surface area contributed by atoms with E-state index in [2.05, 4.69) is 12.2 Å². The normalized spacial score (nSPS) is 22.9. The fraction of sp³-hybridized carbons (Fsp3) is 0.588. The van der Waals surface area contributed by atoms with Gasteiger partial charge in [-0.15, -0.1) is 0 Å². The molecular weight excluding hydrogens is 248 g/mol. The highest BCUT2D eigenvalue weighted by molar-refractivity contribution is 5.97. The van der Waals surface area contributed by atoms with Crippen LogP contribution in [0.5, 0.6) is 0 Å². The Labute approximate surface area is 122 Å². The second kappa shape index (κ2) is 6.40. The van der Waals surface area contributed by atoms with Crippen LogP contribution in [0.1, 0.15) is 41.3 Å². The van der Waals surface area contributed by atoms with Crippen LogP contribution in [0.2, 0.25) is 0 Å². The molecule has 1 saturated heterocycles. The van der Waals surface area contributed by atoms with Gasteiger partial charge in [0.05, 0.1) is 0 Å². The van der Waals surface area contributed by atoms with Gasteiger partial charge in [-0.2, -0.15) is 0 Å². The number of hydrogen-bond acceptors (Lipinski definition) is 2. The van der Waals surface area contributed by atoms with Crippen LogP contribution in [0.3, 0.4) is 0 Å². The summed E-state index contributed by atoms with van der Waals surface area (Å²) in [7, 11) is 2.02. The Morgan fingerprint density at radius 1 is 1.35 bits per heavy atom. The minimum Gasteiger partial charge on any atom is -0.338 e. The summed E-state index contributed by atoms with van der Waals surface area (Å²) in [5.74, 6) is 0.760. The van der Waals surface area contributed by atoms with Crippen molar-refractivity contribution in [2.75, 3.05) is 20.1 Å². The number of aryl methyl sites for hydroxylation is 2. The molecule has 3 nitrogen and oxygen atoms in total. The predicted molar refractivity (Wildman–Crippen MR) is 83.1 cm³/mol. The molecule has 1 aromatic carbocycles. The van der Waals surface area contributed by atoms with Crippen molar-refractivity contribution in [2.45, 2.75) is 39.7 Å². The van der Waals surface area contributed by atoms with E-state index >= 15 is 0 Å². The first kappa shape index (κ1) is 15.0. The van der Waals surface area contributed by atoms with Crippen LogP contribution < -0.4 is 5.32 Å². The summed E-state index contributed by atoms with van der Waals surface area (Å²) in [6, 6.07) is 6.61. The van der Waals surface area contributed by atoms with E-state index in [1.165, 1.54) is 0 Å². The zero-order valence-electron chi connectivity index (χ0n) is 13.1. The van der Waals surface area contributed by atoms with E-state index < -0.39 is 0 Å². The lowest BCUT2D eigenvalue weighted by Gasteiger charge is -2.38. The van der Waals surface area contributed by atoms with E-state index in [4.69, 9.17) is 0 Å². The van der Waals surface area contributed by atoms with Gasteiger partial charge >= 0.3 is 0 Å². The predicted octanol–water partition coefficient (Wildman–Crippen LogP) is 2.76. The second-order valence-electron chi connectivity index (χ2n) is 5.87. The lowest BCUT2D eigenvalue weighted by molar-refractivity contribution is 0.0630. The third-order valence-corrected chi connectivity index (χ3v) is 4.61. The monoisotopic (exact) mass is 274 g/mol. The molecule has 0 bridgehead atoms. The molecule has 1 aliphatic heterocycles. The third-order valence-electron chi connectivity index (χ3n) is 4.61. The van der Waals surface area contributed by atoms with Crippen molar-refractivity contribution in [3.8, 4) is 0 Å². The molecule has 1 amide bonds. The Hall–Kier alpha value is -1.35. The Balaban J connectivity index is 2.18. The van der Waals surface area contributed by atoms with Gasteiger partial charge in [-0.05, 0) is 44.4 Å². The maximum Gasteiger partial charge on any atom is 0.254 e. The molecular formula is C17H26N2O. The molecule has 20 heavy (non-hydrogen) atoms. The molecule has 1 aromatic rings. The molecule has 2 unspecified atom stereocenters. The summed E-state index contributed by atoms with van der Waals surface area (Å²) in [6.07, 6.45) is 2.16. The van der Waals surface area contributed by atoms with Gasteiger partial charge in [-0.25, -0.2) is 0 Å². The molecule has 0 aromatic heterocycles. The fourth-order valence-corrected chi connectivity index (χ4v) is 3.32. The number of nitrogens with zero attached hydrogens (tertiary/aromatic N) is 1. The van der Waals surface area contributed by atoms with Gasteiger partial charge in [0.2, 0.25) is 0 Å². The van der Waals surface area contributed by atoms with Crippen LogP contribution in [0, 0.1) is 19.8 Å². The summed E-state index contributed by atoms with van der Waals surface area (Å²) in [4.78, 5) is 14.8. The molecule has 0 spiro atoms. The molecule has 0 aliphatic carbocycles. The van der Waals surface area contributed by atoms with Gasteiger partial charge in [0.1, 0.15) is 0 Å². The number of carbonyl (C=O) groups excluding carboxylic acids is 1. The smallest absolute Gasteiger partial charge is 0.254 e. The van der Waals surface area contributed by atoms with Crippen molar-refractivity contribution in [3.05, 3.63) is 34.9 Å². The van der Waals surface area contributed by atoms with Crippen molar-refractivity contribution in [2.24, 2.45) is 5.92 Å². The fourth-order valence-electron chi connectivity index (χ4n) is 3.32. The summed E-state index contributed by atoms with van der Waals surface area (Å²) < 4.78 is 0. The van der Waals surface area contributed by atoms with E-state index in [9.17, 15) is 4.79 Å². The maximum atomic E-state index is 12.8. The van der Waals surface area contributed by atoms with Gasteiger partial charge in [0.15, 0.2) is 0 Å². The van der Waals surface area contributed by atoms with Gasteiger partial charge in [0.25, 0.3) is 5.91 Å². The van der Waals surface area contributed by atoms with Gasteiger partial charge in [-0.1, -0.05) is 31.5 Å². The van der Waals surface area contributed by atoms with Crippen LogP contribution in [-0.2, 0) is 0 Å². The van der Waals surface area contributed by atoms with Crippen LogP contribution in [0.4, 0.5) is 0 Å². The molecule has 1 aliphatic rings. The summed E-state index contributed by atoms with van der Waals surface area (Å²) in [5, 5.41) is 3.39. The zero-order chi connectivity index (χ0) is 14.7. The Kier molecular flexibility index (Phi) is 4.81. The van der Waals surface area contributed by atoms with Crippen molar-refractivity contribution in [1.29, 1.82) is 0 Å². The number of piperidine rings is 1. The van der Waals surface area contributed by atoms with Crippen molar-refractivity contribution in [3.63, 3.8) is 0 Å². The molecule has 1 fully saturated rings. The number of carbonyl (C=O) groups is 1. The lowest BCUT2D eigenvalue weighted by atomic mass is 9.89. The van der Waals surface area contributed by atoms with Gasteiger partial charge in [-0.3, -0.25) is 4.79 Å². The average molecular weight is 274 g/mol. The molecule has 1 heterocycles. The zero-order valence-corrected chi connectivity index (χ0v) is 13.1. The number of hydrogen-bond donors (Lipinski definition) is 1. The first-order valence-electron chi connectivity index (χ1n) is 7.61. The van der Waals surface area contributed by atoms with E-state index in [1.54, 1.807) is 0 Å². The highest BCUT2D eigenvalue weighted by atomic mass is 16.2. The Bertz CT molecular complexity index is 464. The number of likely N-dealkylation sites (tertiary alicyclic amines) is 1. The first-order chi connectivity index (χ1) is 9.58. The van der Waals surface area contributed by atoms with Crippen molar-refractivity contribution < 1.29 is 4.79 Å². The number of benzene rings is 1. The van der Waals surface area contributed by atoms with Crippen molar-refractivity contribution >= 4 is 5.91 Å². The van der Waals surface area contributed by atoms with Gasteiger partial charge in [0, 0.05) is 24.7 Å². The minimum absolute atomic E-state index is 0.202. The first-order valence-corrected chi connectivity index (χ1v) is 7.61. The van der Waals surface area contributed by atoms with Crippen LogP contribution in [0.15, 0.2) is 18.2 Å². The third kappa shape index (κ3) is 2.88. The number of nitrogens with one attached hydrogen (secondary N) is 1. The molecule has 2 rings (SSSR count). The quantitative estimate of drug-likeness (QED) is 0.919. The highest BCUT2D eigenvalue weighted by Crippen LogP contribution is 2.23. The van der Waals surface area contributed by atoms with E-state index in [0.717, 1.165) is 42.6 Å². The van der Waals surface area contributed by atoms with Crippen LogP contribution in [-0.4, -0.2) is 37.0 Å². The van der Waals surface area contributed by atoms with Crippen LogP contribution in [0.25, 0.3) is 0 Å². The minimum atomic E-state index is 0.202. The Morgan fingerprint density at radius 2 is 2.00 bits per heavy atom. The molecule has 110 valence electrons. The summed E-state index contributed by atoms with van der Waals surface area (Å²) >= 11 is 0. The van der Waals surface area contributed by atoms with Crippen molar-refractivity contribution in [1.82, 2.24) is 10.2 Å². The molecule has 3 heteroatoms. The molecule has 0 radical (unpaired) electrons. The maximum absolute atomic E-state index is 12.8. The second-order valence-corrected chi connectivity index (χ2v) is 5.87. The summed E-state index contributed by atoms with van der Waals surface area (Å²) in [6.45, 7) is 7.99. The largest absolute Gasteiger partial charge is 0.338 e. The van der Waals surface area contributed by atoms with E-state index in [1.807, 2.05) is 44.0 Å². The average Bonchev–Trinajstić information content (AvgIpc) is 2.46. The number of rotatable bonds is 3. The molecule has 1 N–H and O–H groups in total. The molecule has 2 atom stereocenters. The van der Waals surface area contributed by atoms with E-state index in [-0.39, 0.29) is 5.91 Å². The van der Waals surface area contributed by atoms with Crippen LogP contribution >= 0.6 is 0 Å². The molecule has 0 saturated carbocycles. The number of amides is 1. The van der Waals surface area contributed by atoms with E-state index in [0.29, 0.717) is 12.0 Å². The Morgan fingerprint density at radius 3 is 2.55 bits per heavy atom. The topological polar surface area (TPSA) is 32.3 Å². The van der Waals surface area contributed by atoms with Gasteiger partial charge < -0.3 is 10.2 Å². The summed E-state index contributed by atoms with van der Waals surface area (Å²) in [5.41, 5.74) is 3.06. The lowest BCUT2D eigenvalue weighted by Crippen LogP contribution is -2.50. The standard InChI is InChI=1S/C17H26N2O/c1-5-14-11-19(10-9-15(14)18-4)17(20)16-12(2)7-6-8-13(16)3/h6-8,14-15,18H,5,9-11H2,1-4H3.